The van der Waals surface area contributed by atoms with E-state index in [2.05, 4.69) is 37.3 Å². The number of hydrogen-bond acceptors (Lipinski definition) is 2. The Morgan fingerprint density at radius 3 is 2.16 bits per heavy atom. The molecule has 2 nitrogen and oxygen atoms in total. The first-order valence-electron chi connectivity index (χ1n) is 6.55. The third kappa shape index (κ3) is 2.79. The topological polar surface area (TPSA) is 18.5 Å². The second-order valence-corrected chi connectivity index (χ2v) is 4.41. The van der Waals surface area contributed by atoms with E-state index in [1.165, 1.54) is 11.1 Å². The largest absolute Gasteiger partial charge is 0.496 e. The van der Waals surface area contributed by atoms with Crippen molar-refractivity contribution in [2.45, 2.75) is 19.4 Å². The lowest BCUT2D eigenvalue weighted by molar-refractivity contribution is 0.133. The van der Waals surface area contributed by atoms with Crippen molar-refractivity contribution in [2.75, 3.05) is 14.2 Å². The highest BCUT2D eigenvalue weighted by Gasteiger charge is 2.19. The van der Waals surface area contributed by atoms with Crippen LogP contribution in [0.3, 0.4) is 0 Å². The van der Waals surface area contributed by atoms with Gasteiger partial charge in [-0.2, -0.15) is 0 Å². The molecule has 1 unspecified atom stereocenters. The van der Waals surface area contributed by atoms with Crippen LogP contribution in [0.4, 0.5) is 0 Å². The maximum Gasteiger partial charge on any atom is 0.125 e. The van der Waals surface area contributed by atoms with Crippen LogP contribution < -0.4 is 4.74 Å². The number of ether oxygens (including phenoxy) is 2. The summed E-state index contributed by atoms with van der Waals surface area (Å²) in [6.07, 6.45) is 0.901. The molecular formula is C17H20O2. The van der Waals surface area contributed by atoms with Gasteiger partial charge in [-0.1, -0.05) is 49.4 Å². The Morgan fingerprint density at radius 2 is 1.53 bits per heavy atom. The fourth-order valence-electron chi connectivity index (χ4n) is 2.42. The molecule has 0 spiro atoms. The molecule has 2 heteroatoms. The van der Waals surface area contributed by atoms with Gasteiger partial charge < -0.3 is 9.47 Å². The fourth-order valence-corrected chi connectivity index (χ4v) is 2.42. The zero-order valence-electron chi connectivity index (χ0n) is 11.7. The summed E-state index contributed by atoms with van der Waals surface area (Å²) in [5.74, 6) is 0.861. The predicted molar refractivity (Wildman–Crippen MR) is 77.7 cm³/mol. The van der Waals surface area contributed by atoms with Crippen LogP contribution in [-0.2, 0) is 11.2 Å². The average molecular weight is 256 g/mol. The van der Waals surface area contributed by atoms with Crippen molar-refractivity contribution in [1.29, 1.82) is 0 Å². The third-order valence-corrected chi connectivity index (χ3v) is 3.38. The quantitative estimate of drug-likeness (QED) is 0.805. The molecule has 100 valence electrons. The van der Waals surface area contributed by atoms with Crippen molar-refractivity contribution in [1.82, 2.24) is 0 Å². The van der Waals surface area contributed by atoms with Gasteiger partial charge in [0.1, 0.15) is 11.9 Å². The number of benzene rings is 2. The molecule has 2 aromatic carbocycles. The number of para-hydroxylation sites is 1. The summed E-state index contributed by atoms with van der Waals surface area (Å²) in [5.41, 5.74) is 3.57. The zero-order chi connectivity index (χ0) is 13.7. The minimum absolute atomic E-state index is 0.0905. The van der Waals surface area contributed by atoms with Crippen molar-refractivity contribution in [3.63, 3.8) is 0 Å². The molecule has 0 aliphatic carbocycles. The van der Waals surface area contributed by atoms with E-state index in [9.17, 15) is 0 Å². The summed E-state index contributed by atoms with van der Waals surface area (Å²) in [7, 11) is 3.43. The SMILES string of the molecule is CCc1ccccc1C(OC)c1ccccc1OC. The van der Waals surface area contributed by atoms with Gasteiger partial charge in [-0.3, -0.25) is 0 Å². The lowest BCUT2D eigenvalue weighted by Crippen LogP contribution is -2.08. The molecule has 0 aromatic heterocycles. The van der Waals surface area contributed by atoms with Crippen LogP contribution in [0.25, 0.3) is 0 Å². The van der Waals surface area contributed by atoms with Crippen molar-refractivity contribution in [3.8, 4) is 5.75 Å². The smallest absolute Gasteiger partial charge is 0.125 e. The summed E-state index contributed by atoms with van der Waals surface area (Å²) in [4.78, 5) is 0. The molecule has 0 saturated carbocycles. The van der Waals surface area contributed by atoms with E-state index in [4.69, 9.17) is 9.47 Å². The summed E-state index contributed by atoms with van der Waals surface area (Å²) >= 11 is 0. The van der Waals surface area contributed by atoms with Gasteiger partial charge in [0.25, 0.3) is 0 Å². The molecule has 19 heavy (non-hydrogen) atoms. The summed E-state index contributed by atoms with van der Waals surface area (Å²) in [5, 5.41) is 0. The predicted octanol–water partition coefficient (Wildman–Crippen LogP) is 3.99. The van der Waals surface area contributed by atoms with Crippen LogP contribution in [0.15, 0.2) is 48.5 Å². The number of methoxy groups -OCH3 is 2. The van der Waals surface area contributed by atoms with Crippen LogP contribution in [0.1, 0.15) is 29.7 Å². The van der Waals surface area contributed by atoms with Crippen molar-refractivity contribution < 1.29 is 9.47 Å². The van der Waals surface area contributed by atoms with Gasteiger partial charge in [0, 0.05) is 12.7 Å². The maximum absolute atomic E-state index is 5.73. The molecule has 0 aliphatic rings. The summed E-state index contributed by atoms with van der Waals surface area (Å²) in [6.45, 7) is 2.16. The molecule has 0 fully saturated rings. The van der Waals surface area contributed by atoms with Gasteiger partial charge in [-0.25, -0.2) is 0 Å². The second-order valence-electron chi connectivity index (χ2n) is 4.41. The molecule has 0 N–H and O–H groups in total. The third-order valence-electron chi connectivity index (χ3n) is 3.38. The Morgan fingerprint density at radius 1 is 0.895 bits per heavy atom. The fraction of sp³-hybridized carbons (Fsp3) is 0.294. The number of rotatable bonds is 5. The highest BCUT2D eigenvalue weighted by atomic mass is 16.5. The van der Waals surface area contributed by atoms with Crippen molar-refractivity contribution in [2.24, 2.45) is 0 Å². The van der Waals surface area contributed by atoms with Crippen LogP contribution in [0, 0.1) is 0 Å². The molecular weight excluding hydrogens is 236 g/mol. The van der Waals surface area contributed by atoms with Crippen LogP contribution in [0.2, 0.25) is 0 Å². The molecule has 0 saturated heterocycles. The number of aryl methyl sites for hydroxylation is 1. The summed E-state index contributed by atoms with van der Waals surface area (Å²) in [6, 6.07) is 16.4. The summed E-state index contributed by atoms with van der Waals surface area (Å²) < 4.78 is 11.2. The molecule has 0 bridgehead atoms. The van der Waals surface area contributed by atoms with Gasteiger partial charge in [0.05, 0.1) is 7.11 Å². The lowest BCUT2D eigenvalue weighted by Gasteiger charge is -2.21. The average Bonchev–Trinajstić information content (AvgIpc) is 2.49. The first kappa shape index (κ1) is 13.6. The van der Waals surface area contributed by atoms with E-state index in [0.29, 0.717) is 0 Å². The Kier molecular flexibility index (Phi) is 4.58. The molecule has 0 radical (unpaired) electrons. The van der Waals surface area contributed by atoms with E-state index in [0.717, 1.165) is 17.7 Å². The van der Waals surface area contributed by atoms with Crippen molar-refractivity contribution >= 4 is 0 Å². The van der Waals surface area contributed by atoms with Gasteiger partial charge in [0.2, 0.25) is 0 Å². The van der Waals surface area contributed by atoms with Gasteiger partial charge in [-0.15, -0.1) is 0 Å². The van der Waals surface area contributed by atoms with Crippen molar-refractivity contribution in [3.05, 3.63) is 65.2 Å². The van der Waals surface area contributed by atoms with E-state index in [-0.39, 0.29) is 6.10 Å². The molecule has 1 atom stereocenters. The molecule has 0 aliphatic heterocycles. The lowest BCUT2D eigenvalue weighted by atomic mass is 9.95. The van der Waals surface area contributed by atoms with E-state index < -0.39 is 0 Å². The highest BCUT2D eigenvalue weighted by Crippen LogP contribution is 2.33. The van der Waals surface area contributed by atoms with Crippen LogP contribution in [0.5, 0.6) is 5.75 Å². The Bertz CT molecular complexity index is 487. The van der Waals surface area contributed by atoms with Gasteiger partial charge in [-0.05, 0) is 23.6 Å². The first-order chi connectivity index (χ1) is 9.31. The first-order valence-corrected chi connectivity index (χ1v) is 6.55. The maximum atomic E-state index is 5.73. The molecule has 2 aromatic rings. The standard InChI is InChI=1S/C17H20O2/c1-4-13-9-5-6-10-14(13)17(19-3)15-11-7-8-12-16(15)18-2/h5-12,17H,4H2,1-3H3. The van der Waals surface area contributed by atoms with Crippen LogP contribution in [-0.4, -0.2) is 14.2 Å². The van der Waals surface area contributed by atoms with Gasteiger partial charge >= 0.3 is 0 Å². The van der Waals surface area contributed by atoms with E-state index >= 15 is 0 Å². The zero-order valence-corrected chi connectivity index (χ0v) is 11.7. The minimum atomic E-state index is -0.0905. The normalized spacial score (nSPS) is 12.2. The Hall–Kier alpha value is -1.80. The van der Waals surface area contributed by atoms with E-state index in [1.807, 2.05) is 18.2 Å². The van der Waals surface area contributed by atoms with E-state index in [1.54, 1.807) is 14.2 Å². The Labute approximate surface area is 115 Å². The monoisotopic (exact) mass is 256 g/mol. The van der Waals surface area contributed by atoms with Crippen LogP contribution >= 0.6 is 0 Å². The molecule has 0 amide bonds. The Balaban J connectivity index is 2.50. The molecule has 2 rings (SSSR count). The van der Waals surface area contributed by atoms with Gasteiger partial charge in [0.15, 0.2) is 0 Å². The highest BCUT2D eigenvalue weighted by molar-refractivity contribution is 5.43. The molecule has 0 heterocycles. The number of hydrogen-bond donors (Lipinski definition) is 0. The minimum Gasteiger partial charge on any atom is -0.496 e. The second kappa shape index (κ2) is 6.39.